The zero-order valence-corrected chi connectivity index (χ0v) is 20.4. The molecule has 7 heteroatoms. The van der Waals surface area contributed by atoms with Crippen molar-refractivity contribution in [3.8, 4) is 11.5 Å². The van der Waals surface area contributed by atoms with E-state index in [1.54, 1.807) is 26.3 Å². The summed E-state index contributed by atoms with van der Waals surface area (Å²) >= 11 is 0. The monoisotopic (exact) mass is 463 g/mol. The van der Waals surface area contributed by atoms with E-state index in [0.717, 1.165) is 54.0 Å². The molecule has 0 N–H and O–H groups in total. The van der Waals surface area contributed by atoms with Gasteiger partial charge in [-0.2, -0.15) is 5.10 Å². The maximum absolute atomic E-state index is 13.5. The van der Waals surface area contributed by atoms with Crippen molar-refractivity contribution in [1.29, 1.82) is 0 Å². The third kappa shape index (κ3) is 4.65. The van der Waals surface area contributed by atoms with Crippen molar-refractivity contribution in [3.05, 3.63) is 59.2 Å². The second-order valence-electron chi connectivity index (χ2n) is 8.96. The Bertz CT molecular complexity index is 1080. The number of fused-ring (bicyclic) bond motifs is 3. The number of carbonyl (C=O) groups excluding carboxylic acids is 2. The Morgan fingerprint density at radius 3 is 2.47 bits per heavy atom. The van der Waals surface area contributed by atoms with Crippen LogP contribution in [0.3, 0.4) is 0 Å². The molecule has 0 spiro atoms. The molecule has 2 unspecified atom stereocenters. The highest BCUT2D eigenvalue weighted by Gasteiger charge is 2.44. The molecular weight excluding hydrogens is 430 g/mol. The van der Waals surface area contributed by atoms with Gasteiger partial charge < -0.3 is 14.4 Å². The lowest BCUT2D eigenvalue weighted by atomic mass is 9.77. The van der Waals surface area contributed by atoms with E-state index in [2.05, 4.69) is 6.07 Å². The van der Waals surface area contributed by atoms with Crippen LogP contribution in [0.1, 0.15) is 55.3 Å². The first kappa shape index (κ1) is 23.8. The van der Waals surface area contributed by atoms with Gasteiger partial charge in [0.1, 0.15) is 18.0 Å². The zero-order chi connectivity index (χ0) is 24.2. The minimum atomic E-state index is -0.230. The summed E-state index contributed by atoms with van der Waals surface area (Å²) in [4.78, 5) is 27.5. The molecule has 0 bridgehead atoms. The Morgan fingerprint density at radius 2 is 1.79 bits per heavy atom. The predicted molar refractivity (Wildman–Crippen MR) is 131 cm³/mol. The molecule has 1 aliphatic carbocycles. The van der Waals surface area contributed by atoms with Crippen molar-refractivity contribution in [3.63, 3.8) is 0 Å². The lowest BCUT2D eigenvalue weighted by molar-refractivity contribution is -0.141. The fourth-order valence-electron chi connectivity index (χ4n) is 4.84. The Hall–Kier alpha value is -3.35. The quantitative estimate of drug-likeness (QED) is 0.588. The van der Waals surface area contributed by atoms with Crippen molar-refractivity contribution >= 4 is 17.5 Å². The molecule has 34 heavy (non-hydrogen) atoms. The van der Waals surface area contributed by atoms with Crippen LogP contribution in [-0.4, -0.2) is 55.2 Å². The number of nitrogens with zero attached hydrogens (tertiary/aromatic N) is 3. The van der Waals surface area contributed by atoms with E-state index in [-0.39, 0.29) is 30.3 Å². The molecule has 2 atom stereocenters. The highest BCUT2D eigenvalue weighted by atomic mass is 16.5. The summed E-state index contributed by atoms with van der Waals surface area (Å²) in [5.41, 5.74) is 4.17. The number of benzene rings is 2. The van der Waals surface area contributed by atoms with E-state index in [1.807, 2.05) is 43.3 Å². The minimum absolute atomic E-state index is 0.00364. The molecular formula is C27H33N3O4. The summed E-state index contributed by atoms with van der Waals surface area (Å²) in [6.07, 6.45) is 4.01. The van der Waals surface area contributed by atoms with Crippen molar-refractivity contribution in [2.24, 2.45) is 11.0 Å². The number of unbranched alkanes of at least 4 members (excludes halogenated alkanes) is 1. The van der Waals surface area contributed by atoms with Gasteiger partial charge in [-0.3, -0.25) is 9.59 Å². The van der Waals surface area contributed by atoms with Gasteiger partial charge in [0.25, 0.3) is 5.91 Å². The average Bonchev–Trinajstić information content (AvgIpc) is 3.27. The summed E-state index contributed by atoms with van der Waals surface area (Å²) in [6.45, 7) is 2.05. The van der Waals surface area contributed by atoms with E-state index in [1.165, 1.54) is 10.5 Å². The molecule has 180 valence electrons. The van der Waals surface area contributed by atoms with Gasteiger partial charge in [0.05, 0.1) is 26.0 Å². The van der Waals surface area contributed by atoms with Gasteiger partial charge in [-0.15, -0.1) is 0 Å². The molecule has 0 aromatic heterocycles. The fourth-order valence-corrected chi connectivity index (χ4v) is 4.84. The number of methoxy groups -OCH3 is 2. The smallest absolute Gasteiger partial charge is 0.262 e. The zero-order valence-electron chi connectivity index (χ0n) is 20.4. The van der Waals surface area contributed by atoms with Gasteiger partial charge in [0.15, 0.2) is 0 Å². The summed E-state index contributed by atoms with van der Waals surface area (Å²) in [6, 6.07) is 13.7. The van der Waals surface area contributed by atoms with E-state index in [0.29, 0.717) is 6.42 Å². The van der Waals surface area contributed by atoms with Crippen molar-refractivity contribution in [1.82, 2.24) is 9.91 Å². The van der Waals surface area contributed by atoms with Gasteiger partial charge in [0, 0.05) is 24.9 Å². The summed E-state index contributed by atoms with van der Waals surface area (Å²) in [7, 11) is 4.98. The molecule has 0 saturated carbocycles. The first-order valence-corrected chi connectivity index (χ1v) is 11.9. The highest BCUT2D eigenvalue weighted by Crippen LogP contribution is 2.44. The van der Waals surface area contributed by atoms with Crippen LogP contribution in [0.5, 0.6) is 11.5 Å². The van der Waals surface area contributed by atoms with Crippen LogP contribution in [0.25, 0.3) is 0 Å². The number of carbonyl (C=O) groups is 2. The van der Waals surface area contributed by atoms with Gasteiger partial charge in [-0.05, 0) is 54.7 Å². The largest absolute Gasteiger partial charge is 0.497 e. The number of hydrogen-bond acceptors (Lipinski definition) is 5. The molecule has 4 rings (SSSR count). The van der Waals surface area contributed by atoms with Gasteiger partial charge >= 0.3 is 0 Å². The van der Waals surface area contributed by atoms with Crippen molar-refractivity contribution < 1.29 is 19.1 Å². The topological polar surface area (TPSA) is 71.4 Å². The second kappa shape index (κ2) is 10.3. The minimum Gasteiger partial charge on any atom is -0.497 e. The normalized spacial score (nSPS) is 18.6. The molecule has 2 aliphatic rings. The number of rotatable bonds is 8. The van der Waals surface area contributed by atoms with E-state index in [4.69, 9.17) is 14.6 Å². The predicted octanol–water partition coefficient (Wildman–Crippen LogP) is 4.20. The Labute approximate surface area is 201 Å². The third-order valence-electron chi connectivity index (χ3n) is 6.78. The third-order valence-corrected chi connectivity index (χ3v) is 6.78. The van der Waals surface area contributed by atoms with Gasteiger partial charge in [0.2, 0.25) is 5.91 Å². The lowest BCUT2D eigenvalue weighted by Crippen LogP contribution is -2.40. The first-order chi connectivity index (χ1) is 16.5. The number of aryl methyl sites for hydroxylation is 1. The molecule has 7 nitrogen and oxygen atoms in total. The number of hydrogen-bond donors (Lipinski definition) is 0. The molecule has 2 amide bonds. The Morgan fingerprint density at radius 1 is 1.09 bits per heavy atom. The molecule has 0 fully saturated rings. The summed E-state index contributed by atoms with van der Waals surface area (Å²) in [5, 5.41) is 6.47. The lowest BCUT2D eigenvalue weighted by Gasteiger charge is -2.30. The summed E-state index contributed by atoms with van der Waals surface area (Å²) in [5.74, 6) is 1.41. The van der Waals surface area contributed by atoms with E-state index >= 15 is 0 Å². The maximum Gasteiger partial charge on any atom is 0.262 e. The fraction of sp³-hybridized carbons (Fsp3) is 0.444. The summed E-state index contributed by atoms with van der Waals surface area (Å²) < 4.78 is 10.8. The molecule has 1 aliphatic heterocycles. The van der Waals surface area contributed by atoms with Crippen LogP contribution < -0.4 is 9.47 Å². The molecule has 0 saturated heterocycles. The van der Waals surface area contributed by atoms with Gasteiger partial charge in [-0.1, -0.05) is 31.5 Å². The first-order valence-electron chi connectivity index (χ1n) is 11.9. The maximum atomic E-state index is 13.5. The number of amides is 2. The van der Waals surface area contributed by atoms with Crippen LogP contribution in [0.4, 0.5) is 0 Å². The number of hydrazone groups is 1. The Balaban J connectivity index is 1.67. The van der Waals surface area contributed by atoms with E-state index < -0.39 is 0 Å². The average molecular weight is 464 g/mol. The number of ether oxygens (including phenoxy) is 2. The van der Waals surface area contributed by atoms with Crippen LogP contribution in [0.2, 0.25) is 0 Å². The van der Waals surface area contributed by atoms with Crippen LogP contribution >= 0.6 is 0 Å². The second-order valence-corrected chi connectivity index (χ2v) is 8.96. The van der Waals surface area contributed by atoms with Crippen LogP contribution in [0.15, 0.2) is 47.6 Å². The standard InChI is InChI=1S/C27H33N3O4/c1-5-6-7-24(31)29(2)17-25(32)30-27(19-9-12-20(33-3)13-10-19)22-15-11-18-8-14-21(34-4)16-23(18)26(22)28-30/h8-10,12-14,16,22,27H,5-7,11,15,17H2,1-4H3. The molecule has 0 radical (unpaired) electrons. The molecule has 1 heterocycles. The van der Waals surface area contributed by atoms with E-state index in [9.17, 15) is 9.59 Å². The Kier molecular flexibility index (Phi) is 7.20. The SMILES string of the molecule is CCCCC(=O)N(C)CC(=O)N1N=C2c3cc(OC)ccc3CCC2C1c1ccc(OC)cc1. The van der Waals surface area contributed by atoms with Crippen LogP contribution in [0, 0.1) is 5.92 Å². The molecule has 2 aromatic rings. The van der Waals surface area contributed by atoms with Crippen LogP contribution in [-0.2, 0) is 16.0 Å². The van der Waals surface area contributed by atoms with Gasteiger partial charge in [-0.25, -0.2) is 5.01 Å². The van der Waals surface area contributed by atoms with Crippen molar-refractivity contribution in [2.45, 2.75) is 45.1 Å². The molecule has 2 aromatic carbocycles. The highest BCUT2D eigenvalue weighted by molar-refractivity contribution is 6.07. The van der Waals surface area contributed by atoms with Crippen molar-refractivity contribution in [2.75, 3.05) is 27.8 Å². The number of likely N-dealkylation sites (N-methyl/N-ethyl adjacent to an activating group) is 1.